The van der Waals surface area contributed by atoms with E-state index in [-0.39, 0.29) is 17.4 Å². The second-order valence-electron chi connectivity index (χ2n) is 11.5. The summed E-state index contributed by atoms with van der Waals surface area (Å²) in [4.78, 5) is 17.7. The minimum atomic E-state index is -3.83. The molecule has 0 radical (unpaired) electrons. The molecule has 0 heterocycles. The maximum atomic E-state index is 14.6. The van der Waals surface area contributed by atoms with Crippen LogP contribution < -0.4 is 4.74 Å². The van der Waals surface area contributed by atoms with Gasteiger partial charge < -0.3 is 14.5 Å². The van der Waals surface area contributed by atoms with Crippen molar-refractivity contribution in [3.05, 3.63) is 29.6 Å². The van der Waals surface area contributed by atoms with Crippen molar-refractivity contribution < 1.29 is 23.5 Å². The number of hydrogen-bond donors (Lipinski definition) is 2. The Morgan fingerprint density at radius 2 is 1.43 bits per heavy atom. The third-order valence-corrected chi connectivity index (χ3v) is 9.19. The largest absolute Gasteiger partial charge is 0.491 e. The molecule has 0 amide bonds. The van der Waals surface area contributed by atoms with E-state index < -0.39 is 7.60 Å². The molecule has 35 heavy (non-hydrogen) atoms. The van der Waals surface area contributed by atoms with Gasteiger partial charge in [-0.3, -0.25) is 4.57 Å². The third-order valence-electron chi connectivity index (χ3n) is 8.29. The van der Waals surface area contributed by atoms with Gasteiger partial charge in [0.05, 0.1) is 6.61 Å². The molecule has 4 saturated carbocycles. The van der Waals surface area contributed by atoms with E-state index in [2.05, 4.69) is 11.8 Å². The van der Waals surface area contributed by atoms with E-state index in [9.17, 15) is 8.96 Å². The molecular weight excluding hydrogens is 462 g/mol. The lowest BCUT2D eigenvalue weighted by molar-refractivity contribution is -0.0181. The minimum absolute atomic E-state index is 0.00552. The Hall–Kier alpha value is -1.34. The highest BCUT2D eigenvalue weighted by molar-refractivity contribution is 7.51. The van der Waals surface area contributed by atoms with Crippen molar-refractivity contribution in [2.75, 3.05) is 12.8 Å². The molecule has 6 heteroatoms. The molecule has 194 valence electrons. The first kappa shape index (κ1) is 26.7. The minimum Gasteiger partial charge on any atom is -0.491 e. The van der Waals surface area contributed by atoms with Gasteiger partial charge in [0.15, 0.2) is 11.6 Å². The highest BCUT2D eigenvalue weighted by atomic mass is 31.2. The van der Waals surface area contributed by atoms with Gasteiger partial charge in [0.1, 0.15) is 0 Å². The molecule has 4 nitrogen and oxygen atoms in total. The normalized spacial score (nSPS) is 27.0. The molecule has 0 spiro atoms. The first-order valence-electron chi connectivity index (χ1n) is 13.8. The van der Waals surface area contributed by atoms with E-state index in [4.69, 9.17) is 14.5 Å². The van der Waals surface area contributed by atoms with Crippen LogP contribution in [0, 0.1) is 40.8 Å². The van der Waals surface area contributed by atoms with E-state index >= 15 is 0 Å². The SMILES string of the molecule is O=P(O)(O)CCCCCCCCCCCOc1ccc(C#C[C@]23CC4CC(C[C@H](C4)C2)C3)cc1F. The number of rotatable bonds is 13. The van der Waals surface area contributed by atoms with Gasteiger partial charge in [-0.25, -0.2) is 4.39 Å². The molecule has 2 N–H and O–H groups in total. The van der Waals surface area contributed by atoms with Gasteiger partial charge in [0.25, 0.3) is 0 Å². The fraction of sp³-hybridized carbons (Fsp3) is 0.724. The summed E-state index contributed by atoms with van der Waals surface area (Å²) < 4.78 is 31.0. The average molecular weight is 505 g/mol. The lowest BCUT2D eigenvalue weighted by Gasteiger charge is -2.54. The summed E-state index contributed by atoms with van der Waals surface area (Å²) >= 11 is 0. The van der Waals surface area contributed by atoms with Gasteiger partial charge in [0, 0.05) is 17.1 Å². The van der Waals surface area contributed by atoms with Crippen LogP contribution in [0.3, 0.4) is 0 Å². The highest BCUT2D eigenvalue weighted by Crippen LogP contribution is 2.59. The fourth-order valence-corrected chi connectivity index (χ4v) is 7.64. The van der Waals surface area contributed by atoms with Gasteiger partial charge in [-0.1, -0.05) is 56.8 Å². The Morgan fingerprint density at radius 3 is 1.97 bits per heavy atom. The van der Waals surface area contributed by atoms with Crippen LogP contribution in [0.5, 0.6) is 5.75 Å². The molecule has 0 unspecified atom stereocenters. The van der Waals surface area contributed by atoms with Gasteiger partial charge in [-0.15, -0.1) is 0 Å². The summed E-state index contributed by atoms with van der Waals surface area (Å²) in [6.07, 6.45) is 17.0. The molecule has 1 aromatic rings. The molecule has 0 atom stereocenters. The molecule has 4 bridgehead atoms. The van der Waals surface area contributed by atoms with Gasteiger partial charge in [0.2, 0.25) is 0 Å². The maximum Gasteiger partial charge on any atom is 0.325 e. The molecule has 1 aromatic carbocycles. The predicted molar refractivity (Wildman–Crippen MR) is 138 cm³/mol. The van der Waals surface area contributed by atoms with Crippen molar-refractivity contribution in [1.29, 1.82) is 0 Å². The van der Waals surface area contributed by atoms with Crippen molar-refractivity contribution >= 4 is 7.60 Å². The molecule has 4 fully saturated rings. The fourth-order valence-electron chi connectivity index (χ4n) is 7.00. The van der Waals surface area contributed by atoms with Gasteiger partial charge in [-0.2, -0.15) is 0 Å². The smallest absolute Gasteiger partial charge is 0.325 e. The number of ether oxygens (including phenoxy) is 1. The second kappa shape index (κ2) is 12.3. The van der Waals surface area contributed by atoms with Crippen molar-refractivity contribution in [3.8, 4) is 17.6 Å². The topological polar surface area (TPSA) is 66.8 Å². The number of unbranched alkanes of at least 4 members (excludes halogenated alkanes) is 8. The van der Waals surface area contributed by atoms with Crippen LogP contribution in [-0.4, -0.2) is 22.6 Å². The number of benzene rings is 1. The monoisotopic (exact) mass is 504 g/mol. The zero-order valence-corrected chi connectivity index (χ0v) is 21.9. The van der Waals surface area contributed by atoms with E-state index in [1.165, 1.54) is 44.6 Å². The van der Waals surface area contributed by atoms with Gasteiger partial charge in [-0.05, 0) is 87.3 Å². The van der Waals surface area contributed by atoms with Crippen LogP contribution in [0.25, 0.3) is 0 Å². The zero-order chi connectivity index (χ0) is 24.7. The van der Waals surface area contributed by atoms with E-state index in [1.807, 2.05) is 6.07 Å². The summed E-state index contributed by atoms with van der Waals surface area (Å²) in [6, 6.07) is 5.15. The van der Waals surface area contributed by atoms with Crippen LogP contribution >= 0.6 is 7.60 Å². The first-order valence-corrected chi connectivity index (χ1v) is 15.6. The zero-order valence-electron chi connectivity index (χ0n) is 21.0. The molecule has 4 aliphatic rings. The van der Waals surface area contributed by atoms with Crippen LogP contribution in [0.4, 0.5) is 4.39 Å². The highest BCUT2D eigenvalue weighted by Gasteiger charge is 2.50. The summed E-state index contributed by atoms with van der Waals surface area (Å²) in [5, 5.41) is 0. The lowest BCUT2D eigenvalue weighted by Crippen LogP contribution is -2.45. The van der Waals surface area contributed by atoms with E-state index in [0.29, 0.717) is 18.8 Å². The van der Waals surface area contributed by atoms with Crippen LogP contribution in [-0.2, 0) is 4.57 Å². The van der Waals surface area contributed by atoms with Crippen molar-refractivity contribution in [3.63, 3.8) is 0 Å². The van der Waals surface area contributed by atoms with E-state index in [0.717, 1.165) is 74.7 Å². The predicted octanol–water partition coefficient (Wildman–Crippen LogP) is 7.46. The summed E-state index contributed by atoms with van der Waals surface area (Å²) in [5.74, 6) is 9.52. The summed E-state index contributed by atoms with van der Waals surface area (Å²) in [7, 11) is -3.83. The Kier molecular flexibility index (Phi) is 9.36. The van der Waals surface area contributed by atoms with Gasteiger partial charge >= 0.3 is 7.60 Å². The molecule has 0 aliphatic heterocycles. The Balaban J connectivity index is 1.09. The third kappa shape index (κ3) is 8.34. The van der Waals surface area contributed by atoms with Crippen molar-refractivity contribution in [2.45, 2.75) is 96.3 Å². The molecular formula is C29H42FO4P. The standard InChI is InChI=1S/C29H42FO4P/c30-27-19-23(12-13-29-20-24-16-25(21-29)18-26(17-24)22-29)10-11-28(27)34-14-8-6-4-2-1-3-5-7-9-15-35(31,32)33/h10-11,19,24-26H,1-9,14-18,20-22H2,(H2,31,32,33)/t24-,25?,26?,29+. The van der Waals surface area contributed by atoms with Crippen LogP contribution in [0.2, 0.25) is 0 Å². The van der Waals surface area contributed by atoms with Crippen molar-refractivity contribution in [1.82, 2.24) is 0 Å². The lowest BCUT2D eigenvalue weighted by atomic mass is 9.50. The molecule has 0 saturated heterocycles. The first-order chi connectivity index (χ1) is 16.8. The Morgan fingerprint density at radius 1 is 0.886 bits per heavy atom. The molecule has 0 aromatic heterocycles. The molecule has 5 rings (SSSR count). The Labute approximate surface area is 210 Å². The summed E-state index contributed by atoms with van der Waals surface area (Å²) in [6.45, 7) is 0.525. The average Bonchev–Trinajstić information content (AvgIpc) is 2.78. The van der Waals surface area contributed by atoms with Crippen molar-refractivity contribution in [2.24, 2.45) is 23.2 Å². The Bertz CT molecular complexity index is 908. The second-order valence-corrected chi connectivity index (χ2v) is 13.3. The number of hydrogen-bond acceptors (Lipinski definition) is 2. The van der Waals surface area contributed by atoms with Crippen LogP contribution in [0.1, 0.15) is 102 Å². The number of halogens is 1. The molecule has 4 aliphatic carbocycles. The maximum absolute atomic E-state index is 14.6. The quantitative estimate of drug-likeness (QED) is 0.166. The van der Waals surface area contributed by atoms with E-state index in [1.54, 1.807) is 6.07 Å². The summed E-state index contributed by atoms with van der Waals surface area (Å²) in [5.41, 5.74) is 0.943. The van der Waals surface area contributed by atoms with Crippen LogP contribution in [0.15, 0.2) is 18.2 Å².